The molecule has 1 atom stereocenters. The van der Waals surface area contributed by atoms with Crippen molar-refractivity contribution in [1.29, 1.82) is 0 Å². The van der Waals surface area contributed by atoms with Gasteiger partial charge in [0.15, 0.2) is 0 Å². The number of carbonyl (C=O) groups excluding carboxylic acids is 1. The zero-order valence-electron chi connectivity index (χ0n) is 11.2. The summed E-state index contributed by atoms with van der Waals surface area (Å²) in [5, 5.41) is 5.54. The quantitative estimate of drug-likeness (QED) is 0.910. The molecule has 0 aliphatic rings. The smallest absolute Gasteiger partial charge is 0.270 e. The third-order valence-electron chi connectivity index (χ3n) is 2.80. The fourth-order valence-electron chi connectivity index (χ4n) is 1.77. The summed E-state index contributed by atoms with van der Waals surface area (Å²) in [6.07, 6.45) is 1.64. The SMILES string of the molecule is Cc1nc(C(=O)NCC(c2ccco2)N(C)C)cs1. The lowest BCUT2D eigenvalue weighted by Crippen LogP contribution is -2.34. The summed E-state index contributed by atoms with van der Waals surface area (Å²) in [6.45, 7) is 2.36. The lowest BCUT2D eigenvalue weighted by Gasteiger charge is -2.22. The monoisotopic (exact) mass is 279 g/mol. The minimum absolute atomic E-state index is 0.0127. The Hall–Kier alpha value is -1.66. The molecule has 5 nitrogen and oxygen atoms in total. The highest BCUT2D eigenvalue weighted by atomic mass is 32.1. The van der Waals surface area contributed by atoms with Crippen LogP contribution in [0.15, 0.2) is 28.2 Å². The number of aryl methyl sites for hydroxylation is 1. The highest BCUT2D eigenvalue weighted by Gasteiger charge is 2.18. The van der Waals surface area contributed by atoms with Crippen molar-refractivity contribution in [3.05, 3.63) is 40.2 Å². The van der Waals surface area contributed by atoms with E-state index < -0.39 is 0 Å². The second-order valence-corrected chi connectivity index (χ2v) is 5.52. The van der Waals surface area contributed by atoms with Crippen molar-refractivity contribution in [3.63, 3.8) is 0 Å². The molecule has 0 saturated heterocycles. The van der Waals surface area contributed by atoms with Gasteiger partial charge < -0.3 is 9.73 Å². The molecule has 6 heteroatoms. The van der Waals surface area contributed by atoms with E-state index in [0.717, 1.165) is 10.8 Å². The van der Waals surface area contributed by atoms with Crippen molar-refractivity contribution in [3.8, 4) is 0 Å². The molecule has 2 rings (SSSR count). The summed E-state index contributed by atoms with van der Waals surface area (Å²) in [4.78, 5) is 18.1. The normalized spacial score (nSPS) is 12.6. The standard InChI is InChI=1S/C13H17N3O2S/c1-9-15-10(8-19-9)13(17)14-7-11(16(2)3)12-5-4-6-18-12/h4-6,8,11H,7H2,1-3H3,(H,14,17). The summed E-state index contributed by atoms with van der Waals surface area (Å²) in [6, 6.07) is 3.76. The molecular formula is C13H17N3O2S. The molecule has 2 aromatic rings. The van der Waals surface area contributed by atoms with Gasteiger partial charge in [-0.2, -0.15) is 0 Å². The second-order valence-electron chi connectivity index (χ2n) is 4.46. The zero-order chi connectivity index (χ0) is 13.8. The fourth-order valence-corrected chi connectivity index (χ4v) is 2.36. The van der Waals surface area contributed by atoms with Gasteiger partial charge in [-0.3, -0.25) is 9.69 Å². The van der Waals surface area contributed by atoms with E-state index in [4.69, 9.17) is 4.42 Å². The lowest BCUT2D eigenvalue weighted by atomic mass is 10.2. The van der Waals surface area contributed by atoms with Crippen LogP contribution >= 0.6 is 11.3 Å². The summed E-state index contributed by atoms with van der Waals surface area (Å²) < 4.78 is 5.39. The first-order valence-corrected chi connectivity index (χ1v) is 6.86. The predicted octanol–water partition coefficient (Wildman–Crippen LogP) is 2.08. The molecule has 1 unspecified atom stereocenters. The number of carbonyl (C=O) groups is 1. The average Bonchev–Trinajstić information content (AvgIpc) is 3.00. The van der Waals surface area contributed by atoms with Crippen LogP contribution in [0.3, 0.4) is 0 Å². The third-order valence-corrected chi connectivity index (χ3v) is 3.58. The highest BCUT2D eigenvalue weighted by Crippen LogP contribution is 2.17. The van der Waals surface area contributed by atoms with E-state index in [0.29, 0.717) is 12.2 Å². The van der Waals surface area contributed by atoms with Crippen LogP contribution in [-0.2, 0) is 0 Å². The number of furan rings is 1. The van der Waals surface area contributed by atoms with E-state index in [-0.39, 0.29) is 11.9 Å². The molecular weight excluding hydrogens is 262 g/mol. The third kappa shape index (κ3) is 3.42. The molecule has 1 N–H and O–H groups in total. The summed E-state index contributed by atoms with van der Waals surface area (Å²) in [5.74, 6) is 0.683. The van der Waals surface area contributed by atoms with Gasteiger partial charge in [0.1, 0.15) is 11.5 Å². The first kappa shape index (κ1) is 13.8. The summed E-state index contributed by atoms with van der Waals surface area (Å²) in [7, 11) is 3.90. The number of hydrogen-bond acceptors (Lipinski definition) is 5. The Morgan fingerprint density at radius 2 is 2.37 bits per heavy atom. The largest absolute Gasteiger partial charge is 0.468 e. The maximum Gasteiger partial charge on any atom is 0.270 e. The van der Waals surface area contributed by atoms with Crippen molar-refractivity contribution >= 4 is 17.2 Å². The van der Waals surface area contributed by atoms with Crippen molar-refractivity contribution in [2.45, 2.75) is 13.0 Å². The van der Waals surface area contributed by atoms with Crippen LogP contribution in [-0.4, -0.2) is 36.4 Å². The van der Waals surface area contributed by atoms with Gasteiger partial charge in [0.2, 0.25) is 0 Å². The average molecular weight is 279 g/mol. The number of aromatic nitrogens is 1. The number of thiazole rings is 1. The maximum absolute atomic E-state index is 11.9. The highest BCUT2D eigenvalue weighted by molar-refractivity contribution is 7.09. The van der Waals surface area contributed by atoms with Crippen LogP contribution in [0.25, 0.3) is 0 Å². The Bertz CT molecular complexity index is 534. The summed E-state index contributed by atoms with van der Waals surface area (Å²) in [5.41, 5.74) is 0.472. The molecule has 1 amide bonds. The van der Waals surface area contributed by atoms with Crippen LogP contribution in [0.4, 0.5) is 0 Å². The Labute approximate surface area is 116 Å². The van der Waals surface area contributed by atoms with Crippen LogP contribution in [0.2, 0.25) is 0 Å². The first-order valence-electron chi connectivity index (χ1n) is 5.98. The van der Waals surface area contributed by atoms with Crippen molar-refractivity contribution < 1.29 is 9.21 Å². The predicted molar refractivity (Wildman–Crippen MR) is 74.3 cm³/mol. The van der Waals surface area contributed by atoms with E-state index in [1.54, 1.807) is 11.6 Å². The van der Waals surface area contributed by atoms with E-state index >= 15 is 0 Å². The van der Waals surface area contributed by atoms with Gasteiger partial charge in [0.05, 0.1) is 17.3 Å². The van der Waals surface area contributed by atoms with Gasteiger partial charge in [-0.25, -0.2) is 4.98 Å². The lowest BCUT2D eigenvalue weighted by molar-refractivity contribution is 0.0934. The molecule has 0 aromatic carbocycles. The molecule has 0 fully saturated rings. The van der Waals surface area contributed by atoms with Crippen molar-refractivity contribution in [1.82, 2.24) is 15.2 Å². The minimum atomic E-state index is -0.150. The van der Waals surface area contributed by atoms with Crippen molar-refractivity contribution in [2.24, 2.45) is 0 Å². The Balaban J connectivity index is 1.98. The van der Waals surface area contributed by atoms with E-state index in [1.165, 1.54) is 11.3 Å². The number of rotatable bonds is 5. The van der Waals surface area contributed by atoms with Gasteiger partial charge >= 0.3 is 0 Å². The van der Waals surface area contributed by atoms with Crippen LogP contribution in [0.5, 0.6) is 0 Å². The first-order chi connectivity index (χ1) is 9.08. The zero-order valence-corrected chi connectivity index (χ0v) is 12.0. The topological polar surface area (TPSA) is 58.4 Å². The molecule has 0 radical (unpaired) electrons. The Morgan fingerprint density at radius 3 is 2.89 bits per heavy atom. The molecule has 0 spiro atoms. The maximum atomic E-state index is 11.9. The number of likely N-dealkylation sites (N-methyl/N-ethyl adjacent to an activating group) is 1. The number of nitrogens with one attached hydrogen (secondary N) is 1. The number of amides is 1. The molecule has 0 aliphatic heterocycles. The van der Waals surface area contributed by atoms with E-state index in [1.807, 2.05) is 38.1 Å². The fraction of sp³-hybridized carbons (Fsp3) is 0.385. The Morgan fingerprint density at radius 1 is 1.58 bits per heavy atom. The second kappa shape index (κ2) is 5.99. The van der Waals surface area contributed by atoms with Gasteiger partial charge in [0, 0.05) is 11.9 Å². The van der Waals surface area contributed by atoms with E-state index in [2.05, 4.69) is 10.3 Å². The van der Waals surface area contributed by atoms with Crippen LogP contribution < -0.4 is 5.32 Å². The van der Waals surface area contributed by atoms with Gasteiger partial charge in [-0.1, -0.05) is 0 Å². The molecule has 102 valence electrons. The molecule has 0 saturated carbocycles. The molecule has 19 heavy (non-hydrogen) atoms. The minimum Gasteiger partial charge on any atom is -0.468 e. The van der Waals surface area contributed by atoms with Crippen molar-refractivity contribution in [2.75, 3.05) is 20.6 Å². The Kier molecular flexibility index (Phi) is 4.34. The van der Waals surface area contributed by atoms with Gasteiger partial charge in [-0.05, 0) is 33.2 Å². The van der Waals surface area contributed by atoms with Gasteiger partial charge in [-0.15, -0.1) is 11.3 Å². The molecule has 2 heterocycles. The van der Waals surface area contributed by atoms with E-state index in [9.17, 15) is 4.79 Å². The molecule has 0 aliphatic carbocycles. The van der Waals surface area contributed by atoms with Crippen LogP contribution in [0, 0.1) is 6.92 Å². The number of hydrogen-bond donors (Lipinski definition) is 1. The molecule has 2 aromatic heterocycles. The summed E-state index contributed by atoms with van der Waals surface area (Å²) >= 11 is 1.47. The van der Waals surface area contributed by atoms with Gasteiger partial charge in [0.25, 0.3) is 5.91 Å². The van der Waals surface area contributed by atoms with Crippen LogP contribution in [0.1, 0.15) is 27.3 Å². The number of nitrogens with zero attached hydrogens (tertiary/aromatic N) is 2. The molecule has 0 bridgehead atoms.